The highest BCUT2D eigenvalue weighted by molar-refractivity contribution is 5.89. The Bertz CT molecular complexity index is 1010. The van der Waals surface area contributed by atoms with Crippen LogP contribution in [0.2, 0.25) is 0 Å². The molecule has 0 atom stereocenters. The largest absolute Gasteiger partial charge is 0.465 e. The van der Waals surface area contributed by atoms with Crippen molar-refractivity contribution in [1.29, 1.82) is 0 Å². The Balaban J connectivity index is 1.66. The summed E-state index contributed by atoms with van der Waals surface area (Å²) < 4.78 is 4.64. The van der Waals surface area contributed by atoms with Crippen molar-refractivity contribution < 1.29 is 14.3 Å². The van der Waals surface area contributed by atoms with Crippen LogP contribution in [0.5, 0.6) is 0 Å². The molecular weight excluding hydrogens is 334 g/mol. The molecule has 7 nitrogen and oxygen atoms in total. The van der Waals surface area contributed by atoms with E-state index in [0.717, 1.165) is 5.56 Å². The molecule has 0 aliphatic heterocycles. The number of fused-ring (bicyclic) bond motifs is 1. The minimum Gasteiger partial charge on any atom is -0.465 e. The van der Waals surface area contributed by atoms with Gasteiger partial charge in [-0.15, -0.1) is 0 Å². The molecule has 2 N–H and O–H groups in total. The summed E-state index contributed by atoms with van der Waals surface area (Å²) in [4.78, 5) is 35.4. The molecule has 0 radical (unpaired) electrons. The van der Waals surface area contributed by atoms with Gasteiger partial charge in [0.05, 0.1) is 30.2 Å². The Hall–Kier alpha value is -3.48. The molecule has 0 aliphatic rings. The second-order valence-corrected chi connectivity index (χ2v) is 5.69. The minimum absolute atomic E-state index is 0.0531. The zero-order chi connectivity index (χ0) is 18.5. The Morgan fingerprint density at radius 1 is 1.08 bits per heavy atom. The van der Waals surface area contributed by atoms with Crippen LogP contribution >= 0.6 is 0 Å². The molecule has 3 rings (SSSR count). The summed E-state index contributed by atoms with van der Waals surface area (Å²) in [6.07, 6.45) is 0.0531. The van der Waals surface area contributed by atoms with Gasteiger partial charge in [-0.1, -0.05) is 30.3 Å². The van der Waals surface area contributed by atoms with Crippen molar-refractivity contribution in [3.05, 3.63) is 75.7 Å². The lowest BCUT2D eigenvalue weighted by Crippen LogP contribution is -2.26. The number of esters is 1. The van der Waals surface area contributed by atoms with Crippen LogP contribution in [0.4, 0.5) is 0 Å². The van der Waals surface area contributed by atoms with Gasteiger partial charge in [0.15, 0.2) is 0 Å². The number of aromatic amines is 1. The summed E-state index contributed by atoms with van der Waals surface area (Å²) >= 11 is 0. The topological polar surface area (TPSA) is 101 Å². The zero-order valence-electron chi connectivity index (χ0n) is 14.1. The molecule has 0 saturated carbocycles. The first kappa shape index (κ1) is 17.3. The van der Waals surface area contributed by atoms with Crippen molar-refractivity contribution in [2.45, 2.75) is 13.0 Å². The van der Waals surface area contributed by atoms with Gasteiger partial charge >= 0.3 is 5.97 Å². The number of carbonyl (C=O) groups is 2. The van der Waals surface area contributed by atoms with Crippen LogP contribution in [0.1, 0.15) is 21.6 Å². The van der Waals surface area contributed by atoms with Gasteiger partial charge in [0.1, 0.15) is 0 Å². The van der Waals surface area contributed by atoms with Crippen LogP contribution in [0.15, 0.2) is 53.3 Å². The number of H-pyrrole nitrogens is 1. The quantitative estimate of drug-likeness (QED) is 0.680. The lowest BCUT2D eigenvalue weighted by Gasteiger charge is -2.07. The van der Waals surface area contributed by atoms with Gasteiger partial charge in [-0.05, 0) is 23.8 Å². The number of nitrogens with zero attached hydrogens (tertiary/aromatic N) is 1. The number of nitrogens with one attached hydrogen (secondary N) is 2. The molecule has 7 heteroatoms. The van der Waals surface area contributed by atoms with E-state index in [-0.39, 0.29) is 17.9 Å². The van der Waals surface area contributed by atoms with Gasteiger partial charge < -0.3 is 10.1 Å². The number of benzene rings is 2. The fraction of sp³-hybridized carbons (Fsp3) is 0.158. The van der Waals surface area contributed by atoms with Crippen LogP contribution in [0.25, 0.3) is 10.8 Å². The standard InChI is InChI=1S/C19H17N3O4/c1-26-19(25)13-8-6-12(7-9-13)11-20-17(23)10-16-14-4-2-3-5-15(14)18(24)22-21-16/h2-9H,10-11H2,1H3,(H,20,23)(H,22,24). The highest BCUT2D eigenvalue weighted by Crippen LogP contribution is 2.13. The summed E-state index contributed by atoms with van der Waals surface area (Å²) in [6, 6.07) is 13.8. The molecule has 0 spiro atoms. The smallest absolute Gasteiger partial charge is 0.337 e. The number of methoxy groups -OCH3 is 1. The monoisotopic (exact) mass is 351 g/mol. The van der Waals surface area contributed by atoms with Crippen molar-refractivity contribution in [2.24, 2.45) is 0 Å². The van der Waals surface area contributed by atoms with Gasteiger partial charge in [-0.3, -0.25) is 9.59 Å². The maximum atomic E-state index is 12.2. The van der Waals surface area contributed by atoms with Crippen molar-refractivity contribution in [3.63, 3.8) is 0 Å². The third kappa shape index (κ3) is 3.77. The normalized spacial score (nSPS) is 10.5. The van der Waals surface area contributed by atoms with Crippen molar-refractivity contribution in [1.82, 2.24) is 15.5 Å². The van der Waals surface area contributed by atoms with Gasteiger partial charge in [-0.25, -0.2) is 9.89 Å². The SMILES string of the molecule is COC(=O)c1ccc(CNC(=O)Cc2n[nH]c(=O)c3ccccc23)cc1. The van der Waals surface area contributed by atoms with Crippen LogP contribution in [-0.2, 0) is 22.5 Å². The second kappa shape index (κ2) is 7.60. The summed E-state index contributed by atoms with van der Waals surface area (Å²) in [5.41, 5.74) is 1.53. The molecule has 0 bridgehead atoms. The Morgan fingerprint density at radius 2 is 1.77 bits per heavy atom. The lowest BCUT2D eigenvalue weighted by molar-refractivity contribution is -0.120. The first-order chi connectivity index (χ1) is 12.6. The number of ether oxygens (including phenoxy) is 1. The number of hydrogen-bond acceptors (Lipinski definition) is 5. The molecular formula is C19H17N3O4. The molecule has 1 amide bonds. The fourth-order valence-electron chi connectivity index (χ4n) is 2.60. The van der Waals surface area contributed by atoms with E-state index in [0.29, 0.717) is 28.6 Å². The molecule has 2 aromatic carbocycles. The van der Waals surface area contributed by atoms with E-state index >= 15 is 0 Å². The van der Waals surface area contributed by atoms with Crippen molar-refractivity contribution >= 4 is 22.6 Å². The maximum absolute atomic E-state index is 12.2. The molecule has 0 unspecified atom stereocenters. The van der Waals surface area contributed by atoms with E-state index in [4.69, 9.17) is 0 Å². The third-order valence-corrected chi connectivity index (χ3v) is 3.97. The summed E-state index contributed by atoms with van der Waals surface area (Å²) in [6.45, 7) is 0.321. The predicted octanol–water partition coefficient (Wildman–Crippen LogP) is 1.57. The molecule has 26 heavy (non-hydrogen) atoms. The van der Waals surface area contributed by atoms with Crippen molar-refractivity contribution in [3.8, 4) is 0 Å². The molecule has 0 fully saturated rings. The maximum Gasteiger partial charge on any atom is 0.337 e. The van der Waals surface area contributed by atoms with Crippen LogP contribution in [-0.4, -0.2) is 29.2 Å². The molecule has 132 valence electrons. The molecule has 0 saturated heterocycles. The average molecular weight is 351 g/mol. The number of amides is 1. The third-order valence-electron chi connectivity index (χ3n) is 3.97. The Labute approximate surface area is 149 Å². The van der Waals surface area contributed by atoms with E-state index in [2.05, 4.69) is 20.3 Å². The Morgan fingerprint density at radius 3 is 2.46 bits per heavy atom. The van der Waals surface area contributed by atoms with Crippen LogP contribution in [0.3, 0.4) is 0 Å². The van der Waals surface area contributed by atoms with Gasteiger partial charge in [0.25, 0.3) is 5.56 Å². The molecule has 1 heterocycles. The zero-order valence-corrected chi connectivity index (χ0v) is 14.1. The van der Waals surface area contributed by atoms with E-state index < -0.39 is 5.97 Å². The van der Waals surface area contributed by atoms with Gasteiger partial charge in [0.2, 0.25) is 5.91 Å². The summed E-state index contributed by atoms with van der Waals surface area (Å²) in [5.74, 6) is -0.622. The van der Waals surface area contributed by atoms with Gasteiger partial charge in [-0.2, -0.15) is 5.10 Å². The summed E-state index contributed by atoms with van der Waals surface area (Å²) in [5, 5.41) is 10.4. The number of hydrogen-bond donors (Lipinski definition) is 2. The minimum atomic E-state index is -0.406. The fourth-order valence-corrected chi connectivity index (χ4v) is 2.60. The van der Waals surface area contributed by atoms with E-state index in [1.807, 2.05) is 0 Å². The lowest BCUT2D eigenvalue weighted by atomic mass is 10.1. The number of rotatable bonds is 5. The summed E-state index contributed by atoms with van der Waals surface area (Å²) in [7, 11) is 1.32. The molecule has 1 aromatic heterocycles. The van der Waals surface area contributed by atoms with Crippen molar-refractivity contribution in [2.75, 3.05) is 7.11 Å². The van der Waals surface area contributed by atoms with E-state index in [1.165, 1.54) is 7.11 Å². The number of carbonyl (C=O) groups excluding carboxylic acids is 2. The van der Waals surface area contributed by atoms with Gasteiger partial charge in [0, 0.05) is 11.9 Å². The first-order valence-corrected chi connectivity index (χ1v) is 7.98. The van der Waals surface area contributed by atoms with E-state index in [1.54, 1.807) is 48.5 Å². The Kier molecular flexibility index (Phi) is 5.07. The second-order valence-electron chi connectivity index (χ2n) is 5.69. The molecule has 0 aliphatic carbocycles. The molecule has 3 aromatic rings. The first-order valence-electron chi connectivity index (χ1n) is 7.98. The van der Waals surface area contributed by atoms with Crippen LogP contribution in [0, 0.1) is 0 Å². The highest BCUT2D eigenvalue weighted by Gasteiger charge is 2.11. The predicted molar refractivity (Wildman–Crippen MR) is 95.7 cm³/mol. The highest BCUT2D eigenvalue weighted by atomic mass is 16.5. The van der Waals surface area contributed by atoms with E-state index in [9.17, 15) is 14.4 Å². The van der Waals surface area contributed by atoms with Crippen LogP contribution < -0.4 is 10.9 Å². The number of aromatic nitrogens is 2. The average Bonchev–Trinajstić information content (AvgIpc) is 2.68.